The summed E-state index contributed by atoms with van der Waals surface area (Å²) in [6, 6.07) is 0. The number of sulfone groups is 1. The van der Waals surface area contributed by atoms with Crippen molar-refractivity contribution >= 4 is 27.1 Å². The Morgan fingerprint density at radius 3 is 2.50 bits per heavy atom. The number of rotatable bonds is 2. The van der Waals surface area contributed by atoms with E-state index in [9.17, 15) is 13.2 Å². The molecule has 0 saturated carbocycles. The summed E-state index contributed by atoms with van der Waals surface area (Å²) < 4.78 is 23.4. The van der Waals surface area contributed by atoms with Crippen LogP contribution < -0.4 is 5.73 Å². The lowest BCUT2D eigenvalue weighted by Gasteiger charge is -2.11. The summed E-state index contributed by atoms with van der Waals surface area (Å²) in [5.74, 6) is -0.639. The summed E-state index contributed by atoms with van der Waals surface area (Å²) in [5.41, 5.74) is 6.06. The molecule has 6 heteroatoms. The first-order valence-electron chi connectivity index (χ1n) is 5.05. The maximum absolute atomic E-state index is 11.7. The summed E-state index contributed by atoms with van der Waals surface area (Å²) in [5, 5.41) is 0. The Bertz CT molecular complexity index is 543. The van der Waals surface area contributed by atoms with Gasteiger partial charge >= 0.3 is 0 Å². The lowest BCUT2D eigenvalue weighted by Crippen LogP contribution is -2.14. The Labute approximate surface area is 98.4 Å². The molecule has 0 saturated heterocycles. The largest absolute Gasteiger partial charge is 0.365 e. The van der Waals surface area contributed by atoms with Gasteiger partial charge in [-0.1, -0.05) is 0 Å². The SMILES string of the molecule is CS(=O)(=O)c1c(C(N)=O)sc2c1CCCC2. The molecule has 2 N–H and O–H groups in total. The van der Waals surface area contributed by atoms with E-state index in [0.29, 0.717) is 0 Å². The summed E-state index contributed by atoms with van der Waals surface area (Å²) in [6.45, 7) is 0. The number of fused-ring (bicyclic) bond motifs is 1. The minimum atomic E-state index is -3.37. The van der Waals surface area contributed by atoms with Gasteiger partial charge in [-0.2, -0.15) is 0 Å². The third-order valence-electron chi connectivity index (χ3n) is 2.72. The van der Waals surface area contributed by atoms with Crippen molar-refractivity contribution in [1.29, 1.82) is 0 Å². The fourth-order valence-electron chi connectivity index (χ4n) is 2.09. The highest BCUT2D eigenvalue weighted by molar-refractivity contribution is 7.91. The predicted octanol–water partition coefficient (Wildman–Crippen LogP) is 1.13. The van der Waals surface area contributed by atoms with Crippen molar-refractivity contribution in [3.63, 3.8) is 0 Å². The van der Waals surface area contributed by atoms with E-state index >= 15 is 0 Å². The first-order valence-corrected chi connectivity index (χ1v) is 7.76. The average Bonchev–Trinajstić information content (AvgIpc) is 2.55. The summed E-state index contributed by atoms with van der Waals surface area (Å²) in [4.78, 5) is 12.7. The molecule has 88 valence electrons. The molecule has 1 aliphatic rings. The van der Waals surface area contributed by atoms with Crippen LogP contribution in [0.15, 0.2) is 4.90 Å². The Kier molecular flexibility index (Phi) is 2.79. The van der Waals surface area contributed by atoms with Crippen molar-refractivity contribution in [3.8, 4) is 0 Å². The average molecular weight is 259 g/mol. The van der Waals surface area contributed by atoms with Crippen LogP contribution in [-0.4, -0.2) is 20.6 Å². The molecule has 0 bridgehead atoms. The first-order chi connectivity index (χ1) is 7.41. The standard InChI is InChI=1S/C10H13NO3S2/c1-16(13,14)9-6-4-2-3-5-7(6)15-8(9)10(11)12/h2-5H2,1H3,(H2,11,12). The second-order valence-electron chi connectivity index (χ2n) is 4.01. The fraction of sp³-hybridized carbons (Fsp3) is 0.500. The van der Waals surface area contributed by atoms with Gasteiger partial charge in [-0.3, -0.25) is 4.79 Å². The summed E-state index contributed by atoms with van der Waals surface area (Å²) >= 11 is 1.24. The maximum Gasteiger partial charge on any atom is 0.260 e. The van der Waals surface area contributed by atoms with Crippen LogP contribution in [0.3, 0.4) is 0 Å². The zero-order valence-corrected chi connectivity index (χ0v) is 10.6. The van der Waals surface area contributed by atoms with E-state index < -0.39 is 15.7 Å². The number of aryl methyl sites for hydroxylation is 1. The molecule has 0 spiro atoms. The third kappa shape index (κ3) is 1.87. The van der Waals surface area contributed by atoms with Crippen molar-refractivity contribution in [2.45, 2.75) is 30.6 Å². The van der Waals surface area contributed by atoms with Gasteiger partial charge in [0.25, 0.3) is 5.91 Å². The van der Waals surface area contributed by atoms with Crippen LogP contribution in [-0.2, 0) is 22.7 Å². The number of primary amides is 1. The highest BCUT2D eigenvalue weighted by atomic mass is 32.2. The Balaban J connectivity index is 2.72. The van der Waals surface area contributed by atoms with Crippen LogP contribution >= 0.6 is 11.3 Å². The van der Waals surface area contributed by atoms with Crippen LogP contribution in [0.2, 0.25) is 0 Å². The van der Waals surface area contributed by atoms with Crippen molar-refractivity contribution in [3.05, 3.63) is 15.3 Å². The number of carbonyl (C=O) groups excluding carboxylic acids is 1. The topological polar surface area (TPSA) is 77.2 Å². The predicted molar refractivity (Wildman–Crippen MR) is 62.6 cm³/mol. The van der Waals surface area contributed by atoms with Crippen LogP contribution in [0, 0.1) is 0 Å². The van der Waals surface area contributed by atoms with E-state index in [4.69, 9.17) is 5.73 Å². The maximum atomic E-state index is 11.7. The van der Waals surface area contributed by atoms with Crippen molar-refractivity contribution in [2.75, 3.05) is 6.26 Å². The van der Waals surface area contributed by atoms with Crippen LogP contribution in [0.4, 0.5) is 0 Å². The second kappa shape index (κ2) is 3.85. The van der Waals surface area contributed by atoms with Gasteiger partial charge in [0.05, 0.1) is 4.90 Å². The van der Waals surface area contributed by atoms with E-state index in [2.05, 4.69) is 0 Å². The van der Waals surface area contributed by atoms with Gasteiger partial charge in [0.15, 0.2) is 9.84 Å². The van der Waals surface area contributed by atoms with Gasteiger partial charge in [-0.25, -0.2) is 8.42 Å². The van der Waals surface area contributed by atoms with Gasteiger partial charge in [0.1, 0.15) is 4.88 Å². The van der Waals surface area contributed by atoms with Crippen LogP contribution in [0.5, 0.6) is 0 Å². The normalized spacial score (nSPS) is 15.8. The Hall–Kier alpha value is -0.880. The van der Waals surface area contributed by atoms with Crippen molar-refractivity contribution < 1.29 is 13.2 Å². The molecule has 0 radical (unpaired) electrons. The number of hydrogen-bond donors (Lipinski definition) is 1. The molecule has 0 unspecified atom stereocenters. The number of hydrogen-bond acceptors (Lipinski definition) is 4. The molecule has 1 aliphatic carbocycles. The molecule has 1 aromatic rings. The summed E-state index contributed by atoms with van der Waals surface area (Å²) in [7, 11) is -3.37. The molecular formula is C10H13NO3S2. The third-order valence-corrected chi connectivity index (χ3v) is 5.35. The van der Waals surface area contributed by atoms with E-state index in [1.165, 1.54) is 11.3 Å². The van der Waals surface area contributed by atoms with E-state index in [1.54, 1.807) is 0 Å². The second-order valence-corrected chi connectivity index (χ2v) is 7.06. The molecular weight excluding hydrogens is 246 g/mol. The number of thiophene rings is 1. The van der Waals surface area contributed by atoms with Gasteiger partial charge in [-0.15, -0.1) is 11.3 Å². The van der Waals surface area contributed by atoms with E-state index in [-0.39, 0.29) is 9.77 Å². The fourth-order valence-corrected chi connectivity index (χ4v) is 4.98. The molecule has 1 heterocycles. The van der Waals surface area contributed by atoms with Gasteiger partial charge < -0.3 is 5.73 Å². The van der Waals surface area contributed by atoms with E-state index in [0.717, 1.165) is 42.4 Å². The molecule has 0 atom stereocenters. The minimum absolute atomic E-state index is 0.180. The van der Waals surface area contributed by atoms with Crippen molar-refractivity contribution in [1.82, 2.24) is 0 Å². The molecule has 4 nitrogen and oxygen atoms in total. The van der Waals surface area contributed by atoms with Crippen LogP contribution in [0.1, 0.15) is 33.0 Å². The Morgan fingerprint density at radius 1 is 1.31 bits per heavy atom. The molecule has 16 heavy (non-hydrogen) atoms. The number of amides is 1. The van der Waals surface area contributed by atoms with E-state index in [1.807, 2.05) is 0 Å². The van der Waals surface area contributed by atoms with Crippen molar-refractivity contribution in [2.24, 2.45) is 5.73 Å². The Morgan fingerprint density at radius 2 is 1.94 bits per heavy atom. The molecule has 0 aromatic carbocycles. The number of nitrogens with two attached hydrogens (primary N) is 1. The first kappa shape index (κ1) is 11.6. The lowest BCUT2D eigenvalue weighted by atomic mass is 9.99. The zero-order chi connectivity index (χ0) is 11.9. The van der Waals surface area contributed by atoms with Gasteiger partial charge in [-0.05, 0) is 31.2 Å². The molecule has 2 rings (SSSR count). The van der Waals surface area contributed by atoms with Gasteiger partial charge in [0.2, 0.25) is 0 Å². The highest BCUT2D eigenvalue weighted by Gasteiger charge is 2.28. The molecule has 1 aromatic heterocycles. The molecule has 0 fully saturated rings. The monoisotopic (exact) mass is 259 g/mol. The van der Waals surface area contributed by atoms with Crippen LogP contribution in [0.25, 0.3) is 0 Å². The minimum Gasteiger partial charge on any atom is -0.365 e. The highest BCUT2D eigenvalue weighted by Crippen LogP contribution is 2.36. The smallest absolute Gasteiger partial charge is 0.260 e. The molecule has 0 aliphatic heterocycles. The molecule has 1 amide bonds. The number of carbonyl (C=O) groups is 1. The summed E-state index contributed by atoms with van der Waals surface area (Å²) in [6.07, 6.45) is 4.76. The van der Waals surface area contributed by atoms with Gasteiger partial charge in [0, 0.05) is 11.1 Å². The zero-order valence-electron chi connectivity index (χ0n) is 8.95. The lowest BCUT2D eigenvalue weighted by molar-refractivity contribution is 0.100. The quantitative estimate of drug-likeness (QED) is 0.864.